The Morgan fingerprint density at radius 2 is 1.29 bits per heavy atom. The highest BCUT2D eigenvalue weighted by Gasteiger charge is 2.16. The van der Waals surface area contributed by atoms with Crippen molar-refractivity contribution in [1.29, 1.82) is 0 Å². The summed E-state index contributed by atoms with van der Waals surface area (Å²) in [6, 6.07) is 16.2. The van der Waals surface area contributed by atoms with Crippen molar-refractivity contribution >= 4 is 5.97 Å². The molecule has 0 saturated carbocycles. The number of rotatable bonds is 17. The molecule has 3 rings (SSSR count). The van der Waals surface area contributed by atoms with Gasteiger partial charge in [0.2, 0.25) is 0 Å². The van der Waals surface area contributed by atoms with Gasteiger partial charge < -0.3 is 9.47 Å². The van der Waals surface area contributed by atoms with Crippen LogP contribution in [0.25, 0.3) is 22.5 Å². The van der Waals surface area contributed by atoms with Gasteiger partial charge in [0.15, 0.2) is 11.9 Å². The number of nitrogens with zero attached hydrogens (tertiary/aromatic N) is 2. The molecule has 0 saturated heterocycles. The van der Waals surface area contributed by atoms with Crippen LogP contribution in [0.4, 0.5) is 0 Å². The molecule has 0 aliphatic rings. The summed E-state index contributed by atoms with van der Waals surface area (Å²) in [7, 11) is 0. The Balaban J connectivity index is 1.44. The van der Waals surface area contributed by atoms with E-state index >= 15 is 0 Å². The molecule has 1 heterocycles. The van der Waals surface area contributed by atoms with E-state index in [4.69, 9.17) is 9.47 Å². The van der Waals surface area contributed by atoms with Gasteiger partial charge in [-0.2, -0.15) is 0 Å². The number of esters is 1. The van der Waals surface area contributed by atoms with Gasteiger partial charge in [-0.3, -0.25) is 0 Å². The van der Waals surface area contributed by atoms with E-state index in [2.05, 4.69) is 41.2 Å². The Labute approximate surface area is 229 Å². The lowest BCUT2D eigenvalue weighted by Gasteiger charge is -2.14. The van der Waals surface area contributed by atoms with Gasteiger partial charge in [-0.15, -0.1) is 0 Å². The third-order valence-electron chi connectivity index (χ3n) is 6.71. The van der Waals surface area contributed by atoms with E-state index in [-0.39, 0.29) is 5.97 Å². The molecule has 0 aliphatic carbocycles. The third kappa shape index (κ3) is 9.92. The maximum Gasteiger partial charge on any atom is 0.347 e. The zero-order chi connectivity index (χ0) is 27.0. The normalized spacial score (nSPS) is 11.8. The van der Waals surface area contributed by atoms with Gasteiger partial charge in [-0.1, -0.05) is 89.5 Å². The molecule has 0 bridgehead atoms. The molecule has 0 radical (unpaired) electrons. The Bertz CT molecular complexity index is 1060. The number of aryl methyl sites for hydroxylation is 1. The average Bonchev–Trinajstić information content (AvgIpc) is 2.96. The van der Waals surface area contributed by atoms with Crippen LogP contribution in [0, 0.1) is 0 Å². The average molecular weight is 517 g/mol. The summed E-state index contributed by atoms with van der Waals surface area (Å²) in [5, 5.41) is 0. The second-order valence-electron chi connectivity index (χ2n) is 10.0. The fraction of sp³-hybridized carbons (Fsp3) is 0.485. The topological polar surface area (TPSA) is 61.3 Å². The molecule has 0 fully saturated rings. The number of ether oxygens (including phenoxy) is 2. The van der Waals surface area contributed by atoms with Gasteiger partial charge in [0.25, 0.3) is 0 Å². The van der Waals surface area contributed by atoms with Crippen molar-refractivity contribution in [2.45, 2.75) is 97.5 Å². The van der Waals surface area contributed by atoms with Crippen LogP contribution in [0.5, 0.6) is 5.75 Å². The fourth-order valence-corrected chi connectivity index (χ4v) is 4.38. The Morgan fingerprint density at radius 3 is 1.89 bits per heavy atom. The van der Waals surface area contributed by atoms with E-state index in [1.807, 2.05) is 43.6 Å². The highest BCUT2D eigenvalue weighted by molar-refractivity contribution is 5.74. The van der Waals surface area contributed by atoms with Gasteiger partial charge in [-0.25, -0.2) is 14.8 Å². The van der Waals surface area contributed by atoms with Gasteiger partial charge in [0.1, 0.15) is 5.75 Å². The summed E-state index contributed by atoms with van der Waals surface area (Å²) < 4.78 is 10.8. The Hall–Kier alpha value is -3.21. The summed E-state index contributed by atoms with van der Waals surface area (Å²) in [6.07, 6.45) is 17.2. The van der Waals surface area contributed by atoms with Gasteiger partial charge in [0.05, 0.1) is 6.61 Å². The van der Waals surface area contributed by atoms with Crippen molar-refractivity contribution in [2.24, 2.45) is 0 Å². The van der Waals surface area contributed by atoms with Crippen LogP contribution >= 0.6 is 0 Å². The van der Waals surface area contributed by atoms with E-state index in [9.17, 15) is 4.79 Å². The molecule has 204 valence electrons. The number of carbonyl (C=O) groups is 1. The van der Waals surface area contributed by atoms with Crippen LogP contribution in [0.15, 0.2) is 60.9 Å². The SMILES string of the molecule is CCCCCCCCCCCc1ccc(-c2cnc(-c3ccc(OC(C)C(=O)OCCC)cc3)nc2)cc1. The summed E-state index contributed by atoms with van der Waals surface area (Å²) in [5.74, 6) is 0.901. The molecule has 0 amide bonds. The van der Waals surface area contributed by atoms with Crippen LogP contribution < -0.4 is 4.74 Å². The number of benzene rings is 2. The molecular formula is C33H44N2O3. The summed E-state index contributed by atoms with van der Waals surface area (Å²) in [6.45, 7) is 6.33. The van der Waals surface area contributed by atoms with Crippen LogP contribution in [-0.4, -0.2) is 28.6 Å². The second kappa shape index (κ2) is 16.6. The lowest BCUT2D eigenvalue weighted by molar-refractivity contribution is -0.151. The smallest absolute Gasteiger partial charge is 0.347 e. The molecule has 0 aliphatic heterocycles. The van der Waals surface area contributed by atoms with E-state index in [1.54, 1.807) is 6.92 Å². The van der Waals surface area contributed by atoms with Crippen molar-refractivity contribution in [3.8, 4) is 28.3 Å². The zero-order valence-corrected chi connectivity index (χ0v) is 23.5. The quantitative estimate of drug-likeness (QED) is 0.133. The molecule has 2 aromatic carbocycles. The molecule has 0 N–H and O–H groups in total. The van der Waals surface area contributed by atoms with Crippen molar-refractivity contribution in [1.82, 2.24) is 9.97 Å². The summed E-state index contributed by atoms with van der Waals surface area (Å²) in [4.78, 5) is 21.1. The molecule has 1 unspecified atom stereocenters. The second-order valence-corrected chi connectivity index (χ2v) is 10.0. The largest absolute Gasteiger partial charge is 0.479 e. The predicted molar refractivity (Wildman–Crippen MR) is 155 cm³/mol. The van der Waals surface area contributed by atoms with Crippen molar-refractivity contribution in [3.05, 3.63) is 66.5 Å². The van der Waals surface area contributed by atoms with Crippen molar-refractivity contribution < 1.29 is 14.3 Å². The molecule has 5 heteroatoms. The molecule has 1 atom stereocenters. The first-order chi connectivity index (χ1) is 18.6. The molecule has 38 heavy (non-hydrogen) atoms. The van der Waals surface area contributed by atoms with Crippen LogP contribution in [0.3, 0.4) is 0 Å². The maximum atomic E-state index is 11.9. The summed E-state index contributed by atoms with van der Waals surface area (Å²) in [5.41, 5.74) is 4.41. The molecule has 0 spiro atoms. The minimum Gasteiger partial charge on any atom is -0.479 e. The van der Waals surface area contributed by atoms with Gasteiger partial charge >= 0.3 is 5.97 Å². The lowest BCUT2D eigenvalue weighted by Crippen LogP contribution is -2.26. The first kappa shape index (κ1) is 29.3. The minimum absolute atomic E-state index is 0.355. The van der Waals surface area contributed by atoms with Gasteiger partial charge in [0, 0.05) is 23.5 Å². The highest BCUT2D eigenvalue weighted by atomic mass is 16.6. The van der Waals surface area contributed by atoms with E-state index in [1.165, 1.54) is 63.4 Å². The zero-order valence-electron chi connectivity index (χ0n) is 23.5. The summed E-state index contributed by atoms with van der Waals surface area (Å²) >= 11 is 0. The first-order valence-corrected chi connectivity index (χ1v) is 14.5. The number of hydrogen-bond acceptors (Lipinski definition) is 5. The number of aromatic nitrogens is 2. The van der Waals surface area contributed by atoms with Crippen molar-refractivity contribution in [2.75, 3.05) is 6.61 Å². The number of carbonyl (C=O) groups excluding carboxylic acids is 1. The van der Waals surface area contributed by atoms with E-state index < -0.39 is 6.10 Å². The highest BCUT2D eigenvalue weighted by Crippen LogP contribution is 2.24. The van der Waals surface area contributed by atoms with Crippen LogP contribution in [0.1, 0.15) is 90.5 Å². The van der Waals surface area contributed by atoms with E-state index in [0.29, 0.717) is 18.2 Å². The lowest BCUT2D eigenvalue weighted by atomic mass is 10.0. The van der Waals surface area contributed by atoms with Gasteiger partial charge in [-0.05, 0) is 61.6 Å². The molecule has 3 aromatic rings. The maximum absolute atomic E-state index is 11.9. The van der Waals surface area contributed by atoms with Crippen LogP contribution in [-0.2, 0) is 16.0 Å². The minimum atomic E-state index is -0.653. The fourth-order valence-electron chi connectivity index (χ4n) is 4.38. The standard InChI is InChI=1S/C33H44N2O3/c1-4-6-7-8-9-10-11-12-13-14-27-15-17-28(18-16-27)30-24-34-32(35-25-30)29-19-21-31(22-20-29)38-26(3)33(36)37-23-5-2/h15-22,24-26H,4-14,23H2,1-3H3. The van der Waals surface area contributed by atoms with Crippen LogP contribution in [0.2, 0.25) is 0 Å². The first-order valence-electron chi connectivity index (χ1n) is 14.5. The Morgan fingerprint density at radius 1 is 0.711 bits per heavy atom. The van der Waals surface area contributed by atoms with Crippen molar-refractivity contribution in [3.63, 3.8) is 0 Å². The third-order valence-corrected chi connectivity index (χ3v) is 6.71. The van der Waals surface area contributed by atoms with E-state index in [0.717, 1.165) is 29.5 Å². The molecular weight excluding hydrogens is 472 g/mol. The number of unbranched alkanes of at least 4 members (excludes halogenated alkanes) is 8. The Kier molecular flexibility index (Phi) is 12.8. The number of hydrogen-bond donors (Lipinski definition) is 0. The molecule has 1 aromatic heterocycles. The predicted octanol–water partition coefficient (Wildman–Crippen LogP) is 8.60. The molecule has 5 nitrogen and oxygen atoms in total. The monoisotopic (exact) mass is 516 g/mol.